The van der Waals surface area contributed by atoms with Crippen LogP contribution in [0.25, 0.3) is 0 Å². The largest absolute Gasteiger partial charge is 0.495 e. The van der Waals surface area contributed by atoms with Crippen LogP contribution >= 0.6 is 0 Å². The van der Waals surface area contributed by atoms with E-state index >= 15 is 0 Å². The summed E-state index contributed by atoms with van der Waals surface area (Å²) in [6.45, 7) is 4.12. The van der Waals surface area contributed by atoms with Crippen molar-refractivity contribution in [3.8, 4) is 11.6 Å². The summed E-state index contributed by atoms with van der Waals surface area (Å²) >= 11 is 0. The molecule has 1 aromatic rings. The zero-order chi connectivity index (χ0) is 12.7. The molecule has 1 fully saturated rings. The monoisotopic (exact) mass is 236 g/mol. The Kier molecular flexibility index (Phi) is 2.78. The fraction of sp³-hybridized carbons (Fsp3) is 0.615. The third-order valence-electron chi connectivity index (χ3n) is 3.77. The van der Waals surface area contributed by atoms with Crippen molar-refractivity contribution in [3.63, 3.8) is 0 Å². The number of hydrogen-bond donors (Lipinski definition) is 1. The van der Waals surface area contributed by atoms with Gasteiger partial charge >= 0.3 is 0 Å². The van der Waals surface area contributed by atoms with E-state index in [1.807, 2.05) is 6.07 Å². The Morgan fingerprint density at radius 3 is 2.35 bits per heavy atom. The first-order chi connectivity index (χ1) is 7.94. The molecule has 0 atom stereocenters. The Bertz CT molecular complexity index is 420. The molecule has 1 aromatic heterocycles. The molecule has 0 spiro atoms. The first-order valence-corrected chi connectivity index (χ1v) is 5.82. The maximum absolute atomic E-state index is 6.31. The van der Waals surface area contributed by atoms with Gasteiger partial charge in [0.25, 0.3) is 0 Å². The standard InChI is InChI=1S/C13H20N2O2/c1-12(2,14)13(5-6-13)9-7-11(17-4)15-8-10(9)16-3/h7-8H,5-6,14H2,1-4H3. The van der Waals surface area contributed by atoms with Gasteiger partial charge in [-0.15, -0.1) is 0 Å². The normalized spacial score (nSPS) is 17.7. The Balaban J connectivity index is 2.50. The summed E-state index contributed by atoms with van der Waals surface area (Å²) in [7, 11) is 3.28. The van der Waals surface area contributed by atoms with Crippen molar-refractivity contribution in [2.75, 3.05) is 14.2 Å². The van der Waals surface area contributed by atoms with Crippen LogP contribution in [-0.4, -0.2) is 24.7 Å². The first-order valence-electron chi connectivity index (χ1n) is 5.82. The van der Waals surface area contributed by atoms with E-state index in [-0.39, 0.29) is 11.0 Å². The summed E-state index contributed by atoms with van der Waals surface area (Å²) in [6, 6.07) is 1.94. The summed E-state index contributed by atoms with van der Waals surface area (Å²) in [6.07, 6.45) is 3.88. The number of nitrogens with zero attached hydrogens (tertiary/aromatic N) is 1. The van der Waals surface area contributed by atoms with Crippen LogP contribution in [0.15, 0.2) is 12.3 Å². The van der Waals surface area contributed by atoms with Crippen LogP contribution in [0.4, 0.5) is 0 Å². The highest BCUT2D eigenvalue weighted by Gasteiger charge is 2.55. The Labute approximate surface area is 102 Å². The summed E-state index contributed by atoms with van der Waals surface area (Å²) < 4.78 is 10.6. The maximum Gasteiger partial charge on any atom is 0.213 e. The molecule has 2 N–H and O–H groups in total. The Morgan fingerprint density at radius 1 is 1.29 bits per heavy atom. The molecule has 0 saturated heterocycles. The number of rotatable bonds is 4. The number of pyridine rings is 1. The number of ether oxygens (including phenoxy) is 2. The lowest BCUT2D eigenvalue weighted by atomic mass is 9.79. The minimum absolute atomic E-state index is 0.00539. The van der Waals surface area contributed by atoms with Gasteiger partial charge < -0.3 is 15.2 Å². The van der Waals surface area contributed by atoms with E-state index in [2.05, 4.69) is 18.8 Å². The van der Waals surface area contributed by atoms with Gasteiger partial charge in [0.1, 0.15) is 5.75 Å². The van der Waals surface area contributed by atoms with E-state index in [1.54, 1.807) is 20.4 Å². The van der Waals surface area contributed by atoms with E-state index in [4.69, 9.17) is 15.2 Å². The molecule has 1 heterocycles. The van der Waals surface area contributed by atoms with Crippen LogP contribution in [0.1, 0.15) is 32.3 Å². The SMILES string of the molecule is COc1cc(C2(C(C)(C)N)CC2)c(OC)cn1. The average molecular weight is 236 g/mol. The average Bonchev–Trinajstić information content (AvgIpc) is 3.08. The summed E-state index contributed by atoms with van der Waals surface area (Å²) in [5, 5.41) is 0. The topological polar surface area (TPSA) is 57.4 Å². The van der Waals surface area contributed by atoms with Gasteiger partial charge in [-0.1, -0.05) is 0 Å². The van der Waals surface area contributed by atoms with E-state index in [1.165, 1.54) is 0 Å². The summed E-state index contributed by atoms with van der Waals surface area (Å²) in [5.41, 5.74) is 7.14. The van der Waals surface area contributed by atoms with Crippen molar-refractivity contribution in [1.82, 2.24) is 4.98 Å². The molecule has 1 aliphatic carbocycles. The lowest BCUT2D eigenvalue weighted by Gasteiger charge is -2.32. The van der Waals surface area contributed by atoms with Crippen molar-refractivity contribution in [3.05, 3.63) is 17.8 Å². The van der Waals surface area contributed by atoms with E-state index in [0.717, 1.165) is 24.2 Å². The molecule has 1 saturated carbocycles. The number of nitrogens with two attached hydrogens (primary N) is 1. The molecule has 0 aromatic carbocycles. The molecule has 2 rings (SSSR count). The molecule has 4 heteroatoms. The molecule has 0 radical (unpaired) electrons. The number of hydrogen-bond acceptors (Lipinski definition) is 4. The quantitative estimate of drug-likeness (QED) is 0.867. The lowest BCUT2D eigenvalue weighted by molar-refractivity contribution is 0.350. The number of aromatic nitrogens is 1. The van der Waals surface area contributed by atoms with Gasteiger partial charge in [-0.25, -0.2) is 4.98 Å². The minimum atomic E-state index is -0.271. The minimum Gasteiger partial charge on any atom is -0.495 e. The summed E-state index contributed by atoms with van der Waals surface area (Å²) in [4.78, 5) is 4.16. The lowest BCUT2D eigenvalue weighted by Crippen LogP contribution is -2.45. The Morgan fingerprint density at radius 2 is 1.94 bits per heavy atom. The highest BCUT2D eigenvalue weighted by Crippen LogP contribution is 2.57. The van der Waals surface area contributed by atoms with Crippen LogP contribution in [0.5, 0.6) is 11.6 Å². The number of methoxy groups -OCH3 is 2. The van der Waals surface area contributed by atoms with Gasteiger partial charge in [-0.05, 0) is 26.7 Å². The zero-order valence-electron chi connectivity index (χ0n) is 10.9. The van der Waals surface area contributed by atoms with Crippen molar-refractivity contribution in [2.24, 2.45) is 5.73 Å². The molecule has 94 valence electrons. The van der Waals surface area contributed by atoms with Crippen molar-refractivity contribution in [1.29, 1.82) is 0 Å². The third-order valence-corrected chi connectivity index (χ3v) is 3.77. The van der Waals surface area contributed by atoms with Gasteiger partial charge in [-0.2, -0.15) is 0 Å². The highest BCUT2D eigenvalue weighted by molar-refractivity contribution is 5.47. The Hall–Kier alpha value is -1.29. The maximum atomic E-state index is 6.31. The second kappa shape index (κ2) is 3.88. The van der Waals surface area contributed by atoms with Crippen molar-refractivity contribution < 1.29 is 9.47 Å². The molecule has 0 unspecified atom stereocenters. The molecule has 17 heavy (non-hydrogen) atoms. The van der Waals surface area contributed by atoms with Gasteiger partial charge in [0.15, 0.2) is 0 Å². The van der Waals surface area contributed by atoms with Gasteiger partial charge in [-0.3, -0.25) is 0 Å². The van der Waals surface area contributed by atoms with Gasteiger partial charge in [0, 0.05) is 22.6 Å². The van der Waals surface area contributed by atoms with Gasteiger partial charge in [0.2, 0.25) is 5.88 Å². The molecule has 0 bridgehead atoms. The molecular formula is C13H20N2O2. The van der Waals surface area contributed by atoms with Crippen LogP contribution in [0.2, 0.25) is 0 Å². The van der Waals surface area contributed by atoms with E-state index in [9.17, 15) is 0 Å². The van der Waals surface area contributed by atoms with Crippen molar-refractivity contribution in [2.45, 2.75) is 37.6 Å². The molecule has 4 nitrogen and oxygen atoms in total. The summed E-state index contributed by atoms with van der Waals surface area (Å²) in [5.74, 6) is 1.40. The van der Waals surface area contributed by atoms with Crippen LogP contribution in [0, 0.1) is 0 Å². The van der Waals surface area contributed by atoms with E-state index in [0.29, 0.717) is 5.88 Å². The van der Waals surface area contributed by atoms with Crippen LogP contribution < -0.4 is 15.2 Å². The fourth-order valence-electron chi connectivity index (χ4n) is 2.46. The van der Waals surface area contributed by atoms with Crippen molar-refractivity contribution >= 4 is 0 Å². The first kappa shape index (κ1) is 12.2. The predicted octanol–water partition coefficient (Wildman–Crippen LogP) is 1.87. The molecule has 0 amide bonds. The fourth-order valence-corrected chi connectivity index (χ4v) is 2.46. The van der Waals surface area contributed by atoms with Crippen LogP contribution in [-0.2, 0) is 5.41 Å². The van der Waals surface area contributed by atoms with E-state index < -0.39 is 0 Å². The van der Waals surface area contributed by atoms with Crippen LogP contribution in [0.3, 0.4) is 0 Å². The second-order valence-corrected chi connectivity index (χ2v) is 5.23. The van der Waals surface area contributed by atoms with Gasteiger partial charge in [0.05, 0.1) is 20.4 Å². The second-order valence-electron chi connectivity index (χ2n) is 5.23. The molecule has 1 aliphatic rings. The molecule has 0 aliphatic heterocycles. The molecular weight excluding hydrogens is 216 g/mol. The highest BCUT2D eigenvalue weighted by atomic mass is 16.5. The smallest absolute Gasteiger partial charge is 0.213 e. The predicted molar refractivity (Wildman–Crippen MR) is 66.5 cm³/mol. The third kappa shape index (κ3) is 1.86. The zero-order valence-corrected chi connectivity index (χ0v) is 10.9.